The first kappa shape index (κ1) is 12.6. The lowest BCUT2D eigenvalue weighted by molar-refractivity contribution is 0.220. The Labute approximate surface area is 104 Å². The maximum absolute atomic E-state index is 6.26. The van der Waals surface area contributed by atoms with Crippen molar-refractivity contribution in [2.45, 2.75) is 51.5 Å². The van der Waals surface area contributed by atoms with Gasteiger partial charge in [0, 0.05) is 19.3 Å². The van der Waals surface area contributed by atoms with E-state index in [0.29, 0.717) is 12.0 Å². The Morgan fingerprint density at radius 2 is 2.29 bits per heavy atom. The van der Waals surface area contributed by atoms with E-state index in [2.05, 4.69) is 18.1 Å². The van der Waals surface area contributed by atoms with Crippen molar-refractivity contribution in [3.05, 3.63) is 18.0 Å². The van der Waals surface area contributed by atoms with Crippen LogP contribution in [0.5, 0.6) is 0 Å². The van der Waals surface area contributed by atoms with Gasteiger partial charge in [-0.3, -0.25) is 4.68 Å². The molecular weight excluding hydrogens is 210 g/mol. The lowest BCUT2D eigenvalue weighted by Gasteiger charge is -2.33. The Morgan fingerprint density at radius 1 is 1.47 bits per heavy atom. The van der Waals surface area contributed by atoms with Gasteiger partial charge in [-0.15, -0.1) is 0 Å². The van der Waals surface area contributed by atoms with Crippen molar-refractivity contribution in [1.82, 2.24) is 9.78 Å². The van der Waals surface area contributed by atoms with E-state index in [9.17, 15) is 0 Å². The number of hydrogen-bond donors (Lipinski definition) is 1. The number of aryl methyl sites for hydroxylation is 1. The van der Waals surface area contributed by atoms with E-state index in [1.807, 2.05) is 17.9 Å². The molecule has 2 N–H and O–H groups in total. The summed E-state index contributed by atoms with van der Waals surface area (Å²) in [4.78, 5) is 0. The van der Waals surface area contributed by atoms with E-state index < -0.39 is 0 Å². The fourth-order valence-electron chi connectivity index (χ4n) is 3.13. The van der Waals surface area contributed by atoms with E-state index in [0.717, 1.165) is 12.3 Å². The van der Waals surface area contributed by atoms with Gasteiger partial charge in [-0.25, -0.2) is 0 Å². The minimum atomic E-state index is 0.380. The van der Waals surface area contributed by atoms with Gasteiger partial charge in [0.1, 0.15) is 0 Å². The molecule has 96 valence electrons. The summed E-state index contributed by atoms with van der Waals surface area (Å²) in [6.07, 6.45) is 9.57. The van der Waals surface area contributed by atoms with E-state index in [-0.39, 0.29) is 0 Å². The molecule has 1 aliphatic carbocycles. The van der Waals surface area contributed by atoms with Crippen LogP contribution in [0, 0.1) is 11.8 Å². The minimum Gasteiger partial charge on any atom is -0.327 e. The van der Waals surface area contributed by atoms with Gasteiger partial charge in [0.15, 0.2) is 0 Å². The summed E-state index contributed by atoms with van der Waals surface area (Å²) in [6.45, 7) is 2.28. The van der Waals surface area contributed by atoms with Crippen molar-refractivity contribution in [2.75, 3.05) is 0 Å². The van der Waals surface area contributed by atoms with Crippen LogP contribution in [0.3, 0.4) is 0 Å². The normalized spacial score (nSPS) is 29.5. The third-order valence-corrected chi connectivity index (χ3v) is 4.09. The lowest BCUT2D eigenvalue weighted by atomic mass is 9.75. The second kappa shape index (κ2) is 5.67. The molecule has 3 unspecified atom stereocenters. The predicted octanol–water partition coefficient (Wildman–Crippen LogP) is 2.51. The topological polar surface area (TPSA) is 43.8 Å². The van der Waals surface area contributed by atoms with Crippen LogP contribution >= 0.6 is 0 Å². The van der Waals surface area contributed by atoms with E-state index in [1.54, 1.807) is 0 Å². The quantitative estimate of drug-likeness (QED) is 0.871. The third kappa shape index (κ3) is 3.32. The average molecular weight is 235 g/mol. The Morgan fingerprint density at radius 3 is 2.94 bits per heavy atom. The van der Waals surface area contributed by atoms with Gasteiger partial charge >= 0.3 is 0 Å². The number of nitrogens with zero attached hydrogens (tertiary/aromatic N) is 2. The highest BCUT2D eigenvalue weighted by Gasteiger charge is 2.28. The summed E-state index contributed by atoms with van der Waals surface area (Å²) in [5, 5.41) is 4.47. The number of aromatic nitrogens is 2. The van der Waals surface area contributed by atoms with Crippen molar-refractivity contribution < 1.29 is 0 Å². The molecule has 3 nitrogen and oxygen atoms in total. The molecule has 2 rings (SSSR count). The zero-order valence-corrected chi connectivity index (χ0v) is 11.1. The van der Waals surface area contributed by atoms with E-state index in [4.69, 9.17) is 5.73 Å². The molecular formula is C14H25N3. The monoisotopic (exact) mass is 235 g/mol. The summed E-state index contributed by atoms with van der Waals surface area (Å²) in [5.74, 6) is 1.53. The van der Waals surface area contributed by atoms with Crippen molar-refractivity contribution in [1.29, 1.82) is 0 Å². The molecule has 17 heavy (non-hydrogen) atoms. The smallest absolute Gasteiger partial charge is 0.0627 e. The molecule has 1 fully saturated rings. The molecule has 1 aromatic heterocycles. The molecule has 1 aliphatic rings. The van der Waals surface area contributed by atoms with Gasteiger partial charge in [-0.05, 0) is 43.6 Å². The third-order valence-electron chi connectivity index (χ3n) is 4.09. The van der Waals surface area contributed by atoms with Crippen LogP contribution < -0.4 is 5.73 Å². The molecule has 3 heteroatoms. The zero-order valence-electron chi connectivity index (χ0n) is 11.1. The van der Waals surface area contributed by atoms with Crippen LogP contribution in [-0.2, 0) is 13.5 Å². The number of nitrogens with two attached hydrogens (primary N) is 1. The largest absolute Gasteiger partial charge is 0.327 e. The molecule has 0 radical (unpaired) electrons. The predicted molar refractivity (Wildman–Crippen MR) is 70.6 cm³/mol. The second-order valence-electron chi connectivity index (χ2n) is 5.58. The van der Waals surface area contributed by atoms with Crippen molar-refractivity contribution >= 4 is 0 Å². The first-order valence-electron chi connectivity index (χ1n) is 6.93. The summed E-state index contributed by atoms with van der Waals surface area (Å²) < 4.78 is 1.88. The standard InChI is InChI=1S/C14H25N3/c1-3-4-11-5-6-14(15)12(9-11)10-13-7-8-17(2)16-13/h7-8,11-12,14H,3-6,9-10,15H2,1-2H3. The molecule has 1 saturated carbocycles. The summed E-state index contributed by atoms with van der Waals surface area (Å²) in [5.41, 5.74) is 7.46. The van der Waals surface area contributed by atoms with Gasteiger partial charge in [0.2, 0.25) is 0 Å². The zero-order chi connectivity index (χ0) is 12.3. The highest BCUT2D eigenvalue weighted by atomic mass is 15.2. The first-order valence-corrected chi connectivity index (χ1v) is 6.93. The van der Waals surface area contributed by atoms with E-state index >= 15 is 0 Å². The lowest BCUT2D eigenvalue weighted by Crippen LogP contribution is -2.37. The van der Waals surface area contributed by atoms with Crippen LogP contribution in [-0.4, -0.2) is 15.8 Å². The Kier molecular flexibility index (Phi) is 4.21. The van der Waals surface area contributed by atoms with Crippen LogP contribution in [0.4, 0.5) is 0 Å². The minimum absolute atomic E-state index is 0.380. The average Bonchev–Trinajstić information content (AvgIpc) is 2.69. The molecule has 1 heterocycles. The van der Waals surface area contributed by atoms with Crippen LogP contribution in [0.15, 0.2) is 12.3 Å². The summed E-state index contributed by atoms with van der Waals surface area (Å²) in [7, 11) is 1.98. The molecule has 1 aromatic rings. The fourth-order valence-corrected chi connectivity index (χ4v) is 3.13. The first-order chi connectivity index (χ1) is 8.19. The summed E-state index contributed by atoms with van der Waals surface area (Å²) in [6, 6.07) is 2.50. The van der Waals surface area contributed by atoms with E-state index in [1.165, 1.54) is 37.8 Å². The molecule has 0 aromatic carbocycles. The van der Waals surface area contributed by atoms with Crippen molar-refractivity contribution in [2.24, 2.45) is 24.6 Å². The molecule has 0 aliphatic heterocycles. The SMILES string of the molecule is CCCC1CCC(N)C(Cc2ccn(C)n2)C1. The van der Waals surface area contributed by atoms with Crippen molar-refractivity contribution in [3.8, 4) is 0 Å². The maximum Gasteiger partial charge on any atom is 0.0627 e. The van der Waals surface area contributed by atoms with Crippen molar-refractivity contribution in [3.63, 3.8) is 0 Å². The van der Waals surface area contributed by atoms with Gasteiger partial charge in [-0.1, -0.05) is 19.8 Å². The Hall–Kier alpha value is -0.830. The van der Waals surface area contributed by atoms with Gasteiger partial charge in [0.05, 0.1) is 5.69 Å². The second-order valence-corrected chi connectivity index (χ2v) is 5.58. The maximum atomic E-state index is 6.26. The van der Waals surface area contributed by atoms with Gasteiger partial charge < -0.3 is 5.73 Å². The highest BCUT2D eigenvalue weighted by molar-refractivity contribution is 5.02. The molecule has 0 saturated heterocycles. The van der Waals surface area contributed by atoms with Gasteiger partial charge in [-0.2, -0.15) is 5.10 Å². The van der Waals surface area contributed by atoms with Gasteiger partial charge in [0.25, 0.3) is 0 Å². The van der Waals surface area contributed by atoms with Crippen LogP contribution in [0.2, 0.25) is 0 Å². The molecule has 3 atom stereocenters. The van der Waals surface area contributed by atoms with Crippen LogP contribution in [0.25, 0.3) is 0 Å². The highest BCUT2D eigenvalue weighted by Crippen LogP contribution is 2.32. The summed E-state index contributed by atoms with van der Waals surface area (Å²) >= 11 is 0. The number of rotatable bonds is 4. The Balaban J connectivity index is 1.93. The number of hydrogen-bond acceptors (Lipinski definition) is 2. The molecule has 0 spiro atoms. The molecule has 0 bridgehead atoms. The Bertz CT molecular complexity index is 345. The molecule has 0 amide bonds. The van der Waals surface area contributed by atoms with Crippen LogP contribution in [0.1, 0.15) is 44.7 Å². The fraction of sp³-hybridized carbons (Fsp3) is 0.786.